The summed E-state index contributed by atoms with van der Waals surface area (Å²) in [7, 11) is 1.63. The number of thiophene rings is 1. The molecule has 1 unspecified atom stereocenters. The molecule has 1 atom stereocenters. The number of benzene rings is 1. The van der Waals surface area contributed by atoms with Crippen molar-refractivity contribution in [3.63, 3.8) is 0 Å². The number of aromatic amines is 1. The van der Waals surface area contributed by atoms with Crippen molar-refractivity contribution in [2.45, 2.75) is 5.92 Å². The lowest BCUT2D eigenvalue weighted by molar-refractivity contribution is 0.379. The third-order valence-corrected chi connectivity index (χ3v) is 5.95. The zero-order valence-corrected chi connectivity index (χ0v) is 16.6. The lowest BCUT2D eigenvalue weighted by atomic mass is 9.84. The highest BCUT2D eigenvalue weighted by molar-refractivity contribution is 14.1. The quantitative estimate of drug-likeness (QED) is 0.558. The fraction of sp³-hybridized carbons (Fsp3) is 0.111. The first kappa shape index (κ1) is 16.9. The molecule has 4 rings (SSSR count). The highest BCUT2D eigenvalue weighted by Gasteiger charge is 2.36. The number of H-pyrrole nitrogens is 1. The van der Waals surface area contributed by atoms with E-state index in [0.717, 1.165) is 31.0 Å². The molecule has 0 fully saturated rings. The molecular formula is C18H13IN4O2S. The first-order chi connectivity index (χ1) is 12.6. The van der Waals surface area contributed by atoms with Crippen LogP contribution in [0.1, 0.15) is 17.0 Å². The maximum atomic E-state index is 9.73. The monoisotopic (exact) mass is 476 g/mol. The lowest BCUT2D eigenvalue weighted by Gasteiger charge is -2.24. The van der Waals surface area contributed by atoms with E-state index in [0.29, 0.717) is 11.5 Å². The third kappa shape index (κ3) is 2.64. The van der Waals surface area contributed by atoms with Crippen LogP contribution in [0.5, 0.6) is 11.6 Å². The summed E-state index contributed by atoms with van der Waals surface area (Å²) in [4.78, 5) is 1.02. The Labute approximate surface area is 167 Å². The number of methoxy groups -OCH3 is 1. The number of nitrogens with two attached hydrogens (primary N) is 1. The SMILES string of the molecule is COc1ccc(C2C(C#N)=C(N)Oc3n[nH]c(-c4cccs4)c32)cc1I. The van der Waals surface area contributed by atoms with E-state index in [-0.39, 0.29) is 11.8 Å². The van der Waals surface area contributed by atoms with Gasteiger partial charge in [0, 0.05) is 0 Å². The molecule has 0 radical (unpaired) electrons. The molecule has 3 aromatic rings. The number of halogens is 1. The number of nitrogens with one attached hydrogen (secondary N) is 1. The molecule has 3 N–H and O–H groups in total. The van der Waals surface area contributed by atoms with Crippen molar-refractivity contribution in [2.24, 2.45) is 5.73 Å². The van der Waals surface area contributed by atoms with Gasteiger partial charge in [0.25, 0.3) is 0 Å². The zero-order chi connectivity index (χ0) is 18.3. The summed E-state index contributed by atoms with van der Waals surface area (Å²) < 4.78 is 11.9. The van der Waals surface area contributed by atoms with Crippen LogP contribution in [0.25, 0.3) is 10.6 Å². The summed E-state index contributed by atoms with van der Waals surface area (Å²) in [6.45, 7) is 0. The summed E-state index contributed by atoms with van der Waals surface area (Å²) in [6, 6.07) is 12.0. The largest absolute Gasteiger partial charge is 0.496 e. The molecule has 0 amide bonds. The van der Waals surface area contributed by atoms with Crippen molar-refractivity contribution >= 4 is 33.9 Å². The van der Waals surface area contributed by atoms with E-state index in [1.807, 2.05) is 35.7 Å². The minimum atomic E-state index is -0.362. The van der Waals surface area contributed by atoms with Crippen LogP contribution in [0.15, 0.2) is 47.2 Å². The Kier molecular flexibility index (Phi) is 4.34. The minimum absolute atomic E-state index is 0.0834. The van der Waals surface area contributed by atoms with Gasteiger partial charge in [-0.15, -0.1) is 16.4 Å². The number of allylic oxidation sites excluding steroid dienone is 1. The number of rotatable bonds is 3. The van der Waals surface area contributed by atoms with Crippen molar-refractivity contribution in [1.82, 2.24) is 10.2 Å². The van der Waals surface area contributed by atoms with Crippen LogP contribution in [0.4, 0.5) is 0 Å². The number of hydrogen-bond acceptors (Lipinski definition) is 6. The summed E-state index contributed by atoms with van der Waals surface area (Å²) in [6.07, 6.45) is 0. The molecule has 1 aliphatic rings. The predicted molar refractivity (Wildman–Crippen MR) is 107 cm³/mol. The second kappa shape index (κ2) is 6.66. The van der Waals surface area contributed by atoms with Crippen molar-refractivity contribution in [2.75, 3.05) is 7.11 Å². The molecule has 6 nitrogen and oxygen atoms in total. The van der Waals surface area contributed by atoms with Crippen molar-refractivity contribution in [3.05, 3.63) is 61.9 Å². The Morgan fingerprint density at radius 1 is 1.42 bits per heavy atom. The maximum Gasteiger partial charge on any atom is 0.244 e. The molecule has 3 heterocycles. The maximum absolute atomic E-state index is 9.73. The number of aromatic nitrogens is 2. The highest BCUT2D eigenvalue weighted by atomic mass is 127. The van der Waals surface area contributed by atoms with Crippen LogP contribution >= 0.6 is 33.9 Å². The van der Waals surface area contributed by atoms with Gasteiger partial charge in [-0.3, -0.25) is 5.10 Å². The Bertz CT molecular complexity index is 1050. The Morgan fingerprint density at radius 3 is 2.92 bits per heavy atom. The average Bonchev–Trinajstić information content (AvgIpc) is 3.29. The van der Waals surface area contributed by atoms with Gasteiger partial charge in [-0.25, -0.2) is 0 Å². The van der Waals surface area contributed by atoms with Crippen LogP contribution in [0.3, 0.4) is 0 Å². The fourth-order valence-electron chi connectivity index (χ4n) is 3.05. The Morgan fingerprint density at radius 2 is 2.27 bits per heavy atom. The van der Waals surface area contributed by atoms with Gasteiger partial charge in [0.15, 0.2) is 0 Å². The number of nitriles is 1. The molecule has 0 spiro atoms. The Hall–Kier alpha value is -2.51. The second-order valence-electron chi connectivity index (χ2n) is 5.61. The molecule has 0 aliphatic carbocycles. The van der Waals surface area contributed by atoms with Gasteiger partial charge in [-0.05, 0) is 51.7 Å². The lowest BCUT2D eigenvalue weighted by Crippen LogP contribution is -2.21. The molecule has 0 bridgehead atoms. The summed E-state index contributed by atoms with van der Waals surface area (Å²) in [5.41, 5.74) is 8.97. The fourth-order valence-corrected chi connectivity index (χ4v) is 4.54. The molecule has 2 aromatic heterocycles. The molecule has 0 saturated heterocycles. The average molecular weight is 476 g/mol. The van der Waals surface area contributed by atoms with E-state index in [1.54, 1.807) is 18.4 Å². The van der Waals surface area contributed by atoms with Crippen LogP contribution in [-0.4, -0.2) is 17.3 Å². The predicted octanol–water partition coefficient (Wildman–Crippen LogP) is 3.97. The molecule has 130 valence electrons. The van der Waals surface area contributed by atoms with Crippen molar-refractivity contribution in [1.29, 1.82) is 5.26 Å². The van der Waals surface area contributed by atoms with Gasteiger partial charge >= 0.3 is 0 Å². The molecular weight excluding hydrogens is 463 g/mol. The standard InChI is InChI=1S/C18H13IN4O2S/c1-24-12-5-4-9(7-11(12)19)14-10(8-20)17(21)25-18-15(14)16(22-23-18)13-3-2-6-26-13/h2-7,14H,21H2,1H3,(H,22,23). The van der Waals surface area contributed by atoms with E-state index in [1.165, 1.54) is 0 Å². The summed E-state index contributed by atoms with van der Waals surface area (Å²) >= 11 is 3.81. The Balaban J connectivity index is 1.94. The number of nitrogens with zero attached hydrogens (tertiary/aromatic N) is 2. The zero-order valence-electron chi connectivity index (χ0n) is 13.6. The molecule has 1 aromatic carbocycles. The van der Waals surface area contributed by atoms with Crippen LogP contribution in [-0.2, 0) is 0 Å². The van der Waals surface area contributed by atoms with Crippen molar-refractivity contribution < 1.29 is 9.47 Å². The molecule has 0 saturated carbocycles. The first-order valence-electron chi connectivity index (χ1n) is 7.67. The molecule has 26 heavy (non-hydrogen) atoms. The second-order valence-corrected chi connectivity index (χ2v) is 7.72. The van der Waals surface area contributed by atoms with Gasteiger partial charge in [0.1, 0.15) is 17.4 Å². The van der Waals surface area contributed by atoms with Crippen molar-refractivity contribution in [3.8, 4) is 28.3 Å². The normalized spacial score (nSPS) is 16.0. The van der Waals surface area contributed by atoms with E-state index in [9.17, 15) is 5.26 Å². The minimum Gasteiger partial charge on any atom is -0.496 e. The number of fused-ring (bicyclic) bond motifs is 1. The van der Waals surface area contributed by atoms with E-state index in [2.05, 4.69) is 38.9 Å². The third-order valence-electron chi connectivity index (χ3n) is 4.22. The van der Waals surface area contributed by atoms with Crippen LogP contribution in [0, 0.1) is 14.9 Å². The number of ether oxygens (including phenoxy) is 2. The van der Waals surface area contributed by atoms with Gasteiger partial charge in [-0.1, -0.05) is 12.1 Å². The van der Waals surface area contributed by atoms with Crippen LogP contribution < -0.4 is 15.2 Å². The topological polar surface area (TPSA) is 96.9 Å². The van der Waals surface area contributed by atoms with E-state index in [4.69, 9.17) is 15.2 Å². The van der Waals surface area contributed by atoms with Gasteiger partial charge in [0.05, 0.1) is 32.7 Å². The highest BCUT2D eigenvalue weighted by Crippen LogP contribution is 2.46. The molecule has 1 aliphatic heterocycles. The smallest absolute Gasteiger partial charge is 0.244 e. The van der Waals surface area contributed by atoms with Gasteiger partial charge < -0.3 is 15.2 Å². The first-order valence-corrected chi connectivity index (χ1v) is 9.63. The summed E-state index contributed by atoms with van der Waals surface area (Å²) in [5.74, 6) is 0.905. The van der Waals surface area contributed by atoms with Gasteiger partial charge in [0.2, 0.25) is 11.8 Å². The van der Waals surface area contributed by atoms with E-state index >= 15 is 0 Å². The van der Waals surface area contributed by atoms with Gasteiger partial charge in [-0.2, -0.15) is 5.26 Å². The van der Waals surface area contributed by atoms with Crippen LogP contribution in [0.2, 0.25) is 0 Å². The molecule has 8 heteroatoms. The number of hydrogen-bond donors (Lipinski definition) is 2. The summed E-state index contributed by atoms with van der Waals surface area (Å²) in [5, 5.41) is 19.0. The van der Waals surface area contributed by atoms with E-state index < -0.39 is 0 Å².